The van der Waals surface area contributed by atoms with Crippen molar-refractivity contribution in [3.8, 4) is 0 Å². The van der Waals surface area contributed by atoms with E-state index in [9.17, 15) is 9.59 Å². The molecule has 0 bridgehead atoms. The summed E-state index contributed by atoms with van der Waals surface area (Å²) < 4.78 is 0. The highest BCUT2D eigenvalue weighted by molar-refractivity contribution is 5.85. The van der Waals surface area contributed by atoms with Gasteiger partial charge in [0, 0.05) is 19.7 Å². The number of benzene rings is 1. The van der Waals surface area contributed by atoms with Gasteiger partial charge in [0.25, 0.3) is 0 Å². The van der Waals surface area contributed by atoms with Gasteiger partial charge in [-0.05, 0) is 23.7 Å². The third-order valence-electron chi connectivity index (χ3n) is 2.87. The molecule has 1 rings (SSSR count). The Hall–Kier alpha value is -2.14. The Balaban J connectivity index is 2.73. The van der Waals surface area contributed by atoms with Crippen molar-refractivity contribution in [1.82, 2.24) is 10.2 Å². The molecule has 0 heterocycles. The number of nitrogens with zero attached hydrogens (tertiary/aromatic N) is 1. The van der Waals surface area contributed by atoms with Crippen molar-refractivity contribution in [2.45, 2.75) is 13.5 Å². The van der Waals surface area contributed by atoms with Crippen LogP contribution in [0.25, 0.3) is 6.08 Å². The number of amides is 1. The molecule has 1 amide bonds. The first-order valence-corrected chi connectivity index (χ1v) is 6.48. The Kier molecular flexibility index (Phi) is 6.46. The van der Waals surface area contributed by atoms with E-state index in [0.717, 1.165) is 23.7 Å². The van der Waals surface area contributed by atoms with E-state index in [4.69, 9.17) is 5.11 Å². The monoisotopic (exact) mass is 276 g/mol. The van der Waals surface area contributed by atoms with Crippen LogP contribution in [0.2, 0.25) is 0 Å². The molecule has 1 aromatic rings. The summed E-state index contributed by atoms with van der Waals surface area (Å²) in [6.45, 7) is 3.76. The predicted molar refractivity (Wildman–Crippen MR) is 78.1 cm³/mol. The fourth-order valence-electron chi connectivity index (χ4n) is 1.78. The van der Waals surface area contributed by atoms with Crippen molar-refractivity contribution in [3.05, 3.63) is 41.5 Å². The molecule has 0 atom stereocenters. The number of carbonyl (C=O) groups is 2. The van der Waals surface area contributed by atoms with E-state index in [2.05, 4.69) is 5.32 Å². The molecule has 0 aliphatic heterocycles. The van der Waals surface area contributed by atoms with Gasteiger partial charge in [0.15, 0.2) is 0 Å². The van der Waals surface area contributed by atoms with Gasteiger partial charge in [0.2, 0.25) is 5.91 Å². The zero-order valence-electron chi connectivity index (χ0n) is 11.8. The fraction of sp³-hybridized carbons (Fsp3) is 0.333. The Bertz CT molecular complexity index is 498. The van der Waals surface area contributed by atoms with Crippen LogP contribution in [-0.2, 0) is 16.1 Å². The van der Waals surface area contributed by atoms with E-state index < -0.39 is 5.97 Å². The van der Waals surface area contributed by atoms with E-state index in [-0.39, 0.29) is 5.91 Å². The second-order valence-corrected chi connectivity index (χ2v) is 4.39. The Labute approximate surface area is 118 Å². The van der Waals surface area contributed by atoms with Crippen molar-refractivity contribution in [1.29, 1.82) is 0 Å². The molecular weight excluding hydrogens is 256 g/mol. The number of nitrogens with one attached hydrogen (secondary N) is 1. The summed E-state index contributed by atoms with van der Waals surface area (Å²) in [5, 5.41) is 11.2. The lowest BCUT2D eigenvalue weighted by atomic mass is 10.1. The number of carboxylic acid groups (broad SMARTS) is 1. The average Bonchev–Trinajstić information content (AvgIpc) is 2.44. The van der Waals surface area contributed by atoms with E-state index in [0.29, 0.717) is 13.1 Å². The van der Waals surface area contributed by atoms with E-state index in [1.807, 2.05) is 36.1 Å². The van der Waals surface area contributed by atoms with Gasteiger partial charge in [-0.3, -0.25) is 9.69 Å². The lowest BCUT2D eigenvalue weighted by Gasteiger charge is -2.19. The van der Waals surface area contributed by atoms with Crippen LogP contribution in [0.1, 0.15) is 18.1 Å². The van der Waals surface area contributed by atoms with Gasteiger partial charge in [0.1, 0.15) is 0 Å². The van der Waals surface area contributed by atoms with Crippen LogP contribution in [0.4, 0.5) is 0 Å². The van der Waals surface area contributed by atoms with E-state index in [1.54, 1.807) is 13.1 Å². The summed E-state index contributed by atoms with van der Waals surface area (Å²) in [6.07, 6.45) is 2.67. The van der Waals surface area contributed by atoms with Crippen LogP contribution < -0.4 is 5.32 Å². The third-order valence-corrected chi connectivity index (χ3v) is 2.87. The average molecular weight is 276 g/mol. The van der Waals surface area contributed by atoms with Crippen molar-refractivity contribution in [2.75, 3.05) is 20.1 Å². The lowest BCUT2D eigenvalue weighted by molar-refractivity contribution is -0.131. The summed E-state index contributed by atoms with van der Waals surface area (Å²) in [7, 11) is 1.62. The molecule has 1 aromatic carbocycles. The molecule has 0 aliphatic rings. The molecule has 0 radical (unpaired) electrons. The number of likely N-dealkylation sites (N-methyl/N-ethyl adjacent to an activating group) is 2. The Morgan fingerprint density at radius 2 is 2.15 bits per heavy atom. The zero-order chi connectivity index (χ0) is 15.0. The minimum Gasteiger partial charge on any atom is -0.478 e. The summed E-state index contributed by atoms with van der Waals surface area (Å²) >= 11 is 0. The van der Waals surface area contributed by atoms with Gasteiger partial charge in [-0.2, -0.15) is 0 Å². The highest BCUT2D eigenvalue weighted by Crippen LogP contribution is 2.10. The molecule has 2 N–H and O–H groups in total. The maximum Gasteiger partial charge on any atom is 0.328 e. The zero-order valence-corrected chi connectivity index (χ0v) is 11.8. The van der Waals surface area contributed by atoms with Gasteiger partial charge < -0.3 is 10.4 Å². The highest BCUT2D eigenvalue weighted by Gasteiger charge is 2.08. The molecule has 5 nitrogen and oxygen atoms in total. The van der Waals surface area contributed by atoms with Crippen LogP contribution >= 0.6 is 0 Å². The normalized spacial score (nSPS) is 10.9. The summed E-state index contributed by atoms with van der Waals surface area (Å²) in [4.78, 5) is 23.9. The molecule has 0 saturated carbocycles. The Morgan fingerprint density at radius 3 is 2.75 bits per heavy atom. The standard InChI is InChI=1S/C15H20N2O3/c1-3-17(11-14(18)16-2)10-13-6-4-5-12(9-13)7-8-15(19)20/h4-9H,3,10-11H2,1-2H3,(H,16,18)(H,19,20). The van der Waals surface area contributed by atoms with Crippen molar-refractivity contribution >= 4 is 18.0 Å². The molecule has 0 fully saturated rings. The van der Waals surface area contributed by atoms with Crippen molar-refractivity contribution in [2.24, 2.45) is 0 Å². The second kappa shape index (κ2) is 8.12. The number of hydrogen-bond donors (Lipinski definition) is 2. The van der Waals surface area contributed by atoms with Crippen LogP contribution in [-0.4, -0.2) is 42.0 Å². The molecule has 5 heteroatoms. The lowest BCUT2D eigenvalue weighted by Crippen LogP contribution is -2.35. The van der Waals surface area contributed by atoms with Crippen LogP contribution in [0.3, 0.4) is 0 Å². The SMILES string of the molecule is CCN(CC(=O)NC)Cc1cccc(C=CC(=O)O)c1. The molecular formula is C15H20N2O3. The van der Waals surface area contributed by atoms with Crippen LogP contribution in [0.5, 0.6) is 0 Å². The maximum absolute atomic E-state index is 11.4. The quantitative estimate of drug-likeness (QED) is 0.738. The van der Waals surface area contributed by atoms with Gasteiger partial charge in [-0.15, -0.1) is 0 Å². The smallest absolute Gasteiger partial charge is 0.328 e. The minimum atomic E-state index is -0.967. The second-order valence-electron chi connectivity index (χ2n) is 4.39. The van der Waals surface area contributed by atoms with Crippen molar-refractivity contribution < 1.29 is 14.7 Å². The van der Waals surface area contributed by atoms with E-state index in [1.165, 1.54) is 0 Å². The number of hydrogen-bond acceptors (Lipinski definition) is 3. The molecule has 0 spiro atoms. The summed E-state index contributed by atoms with van der Waals surface area (Å²) in [6, 6.07) is 7.61. The third kappa shape index (κ3) is 5.67. The topological polar surface area (TPSA) is 69.6 Å². The molecule has 20 heavy (non-hydrogen) atoms. The molecule has 0 aliphatic carbocycles. The maximum atomic E-state index is 11.4. The highest BCUT2D eigenvalue weighted by atomic mass is 16.4. The fourth-order valence-corrected chi connectivity index (χ4v) is 1.78. The van der Waals surface area contributed by atoms with Gasteiger partial charge >= 0.3 is 5.97 Å². The summed E-state index contributed by atoms with van der Waals surface area (Å²) in [5.74, 6) is -0.987. The van der Waals surface area contributed by atoms with E-state index >= 15 is 0 Å². The van der Waals surface area contributed by atoms with Gasteiger partial charge in [-0.25, -0.2) is 4.79 Å². The number of carboxylic acids is 1. The van der Waals surface area contributed by atoms with Gasteiger partial charge in [0.05, 0.1) is 6.54 Å². The molecule has 108 valence electrons. The first-order valence-electron chi connectivity index (χ1n) is 6.48. The molecule has 0 aromatic heterocycles. The minimum absolute atomic E-state index is 0.0197. The largest absolute Gasteiger partial charge is 0.478 e. The van der Waals surface area contributed by atoms with Crippen LogP contribution in [0, 0.1) is 0 Å². The van der Waals surface area contributed by atoms with Crippen molar-refractivity contribution in [3.63, 3.8) is 0 Å². The van der Waals surface area contributed by atoms with Crippen LogP contribution in [0.15, 0.2) is 30.3 Å². The number of rotatable bonds is 7. The molecule has 0 saturated heterocycles. The first-order chi connectivity index (χ1) is 9.55. The predicted octanol–water partition coefficient (Wildman–Crippen LogP) is 1.35. The Morgan fingerprint density at radius 1 is 1.40 bits per heavy atom. The summed E-state index contributed by atoms with van der Waals surface area (Å²) in [5.41, 5.74) is 1.88. The number of aliphatic carboxylic acids is 1. The first kappa shape index (κ1) is 15.9. The van der Waals surface area contributed by atoms with Gasteiger partial charge in [-0.1, -0.05) is 31.2 Å². The molecule has 0 unspecified atom stereocenters. The number of carbonyl (C=O) groups excluding carboxylic acids is 1.